The van der Waals surface area contributed by atoms with Crippen molar-refractivity contribution in [3.05, 3.63) is 41.4 Å². The van der Waals surface area contributed by atoms with Crippen LogP contribution in [0.5, 0.6) is 5.75 Å². The third-order valence-corrected chi connectivity index (χ3v) is 3.89. The number of ether oxygens (including phenoxy) is 2. The van der Waals surface area contributed by atoms with E-state index in [0.29, 0.717) is 17.3 Å². The van der Waals surface area contributed by atoms with Gasteiger partial charge in [-0.3, -0.25) is 9.59 Å². The van der Waals surface area contributed by atoms with E-state index in [1.807, 2.05) is 31.2 Å². The minimum absolute atomic E-state index is 0.163. The average Bonchev–Trinajstić information content (AvgIpc) is 2.68. The van der Waals surface area contributed by atoms with Gasteiger partial charge < -0.3 is 20.1 Å². The van der Waals surface area contributed by atoms with Crippen LogP contribution in [0.2, 0.25) is 5.02 Å². The second-order valence-corrected chi connectivity index (χ2v) is 6.07. The quantitative estimate of drug-likeness (QED) is 0.637. The first-order valence-electron chi connectivity index (χ1n) is 8.50. The Morgan fingerprint density at radius 3 is 2.44 bits per heavy atom. The van der Waals surface area contributed by atoms with Crippen LogP contribution in [0.15, 0.2) is 36.4 Å². The molecule has 0 aliphatic rings. The zero-order chi connectivity index (χ0) is 19.6. The Bertz CT molecular complexity index is 825. The normalized spacial score (nSPS) is 10.3. The number of hydrogen-bond acceptors (Lipinski definition) is 5. The van der Waals surface area contributed by atoms with Gasteiger partial charge in [-0.2, -0.15) is 0 Å². The number of amides is 2. The number of benzene rings is 2. The van der Waals surface area contributed by atoms with E-state index >= 15 is 0 Å². The van der Waals surface area contributed by atoms with Crippen LogP contribution in [0.3, 0.4) is 0 Å². The number of hydrogen-bond donors (Lipinski definition) is 2. The molecule has 2 aromatic carbocycles. The molecule has 27 heavy (non-hydrogen) atoms. The van der Waals surface area contributed by atoms with E-state index in [2.05, 4.69) is 10.6 Å². The first kappa shape index (κ1) is 20.5. The molecule has 0 saturated heterocycles. The highest BCUT2D eigenvalue weighted by molar-refractivity contribution is 6.35. The van der Waals surface area contributed by atoms with Gasteiger partial charge >= 0.3 is 5.97 Å². The molecular formula is C19H21ClN2O5. The number of rotatable bonds is 9. The van der Waals surface area contributed by atoms with Crippen LogP contribution >= 0.6 is 11.6 Å². The highest BCUT2D eigenvalue weighted by Gasteiger charge is 2.11. The largest absolute Gasteiger partial charge is 0.481 e. The van der Waals surface area contributed by atoms with E-state index in [4.69, 9.17) is 21.1 Å². The molecule has 8 heteroatoms. The summed E-state index contributed by atoms with van der Waals surface area (Å²) in [6, 6.07) is 10.7. The van der Waals surface area contributed by atoms with Crippen LogP contribution in [0, 0.1) is 0 Å². The van der Waals surface area contributed by atoms with Gasteiger partial charge in [0.1, 0.15) is 5.75 Å². The van der Waals surface area contributed by atoms with Crippen molar-refractivity contribution in [2.45, 2.75) is 13.3 Å². The molecule has 0 spiro atoms. The Hall–Kier alpha value is -2.80. The third-order valence-electron chi connectivity index (χ3n) is 3.56. The molecule has 0 aliphatic heterocycles. The van der Waals surface area contributed by atoms with Gasteiger partial charge in [0.25, 0.3) is 5.91 Å². The molecule has 7 nitrogen and oxygen atoms in total. The fourth-order valence-corrected chi connectivity index (χ4v) is 2.47. The van der Waals surface area contributed by atoms with Gasteiger partial charge in [0.15, 0.2) is 13.2 Å². The van der Waals surface area contributed by atoms with Crippen LogP contribution < -0.4 is 15.4 Å². The Labute approximate surface area is 162 Å². The smallest absolute Gasteiger partial charge is 0.344 e. The SMILES string of the molecule is CCCNC(=O)CNC(=O)COC(=O)COc1ccc(Cl)c2ccccc12. The molecule has 0 atom stereocenters. The van der Waals surface area contributed by atoms with Crippen molar-refractivity contribution in [1.29, 1.82) is 0 Å². The average molecular weight is 393 g/mol. The first-order chi connectivity index (χ1) is 13.0. The maximum absolute atomic E-state index is 11.8. The second-order valence-electron chi connectivity index (χ2n) is 5.67. The van der Waals surface area contributed by atoms with Crippen molar-refractivity contribution in [1.82, 2.24) is 10.6 Å². The maximum atomic E-state index is 11.8. The molecule has 2 aromatic rings. The minimum atomic E-state index is -0.695. The molecule has 2 amide bonds. The monoisotopic (exact) mass is 392 g/mol. The summed E-state index contributed by atoms with van der Waals surface area (Å²) in [5.41, 5.74) is 0. The third kappa shape index (κ3) is 6.45. The van der Waals surface area contributed by atoms with E-state index in [9.17, 15) is 14.4 Å². The number of carbonyl (C=O) groups excluding carboxylic acids is 3. The lowest BCUT2D eigenvalue weighted by molar-refractivity contribution is -0.150. The van der Waals surface area contributed by atoms with Crippen molar-refractivity contribution >= 4 is 40.2 Å². The van der Waals surface area contributed by atoms with E-state index in [0.717, 1.165) is 17.2 Å². The van der Waals surface area contributed by atoms with Crippen LogP contribution in [-0.2, 0) is 19.1 Å². The van der Waals surface area contributed by atoms with Crippen molar-refractivity contribution in [2.75, 3.05) is 26.3 Å². The van der Waals surface area contributed by atoms with Crippen molar-refractivity contribution in [2.24, 2.45) is 0 Å². The number of fused-ring (bicyclic) bond motifs is 1. The molecule has 0 heterocycles. The molecular weight excluding hydrogens is 372 g/mol. The summed E-state index contributed by atoms with van der Waals surface area (Å²) in [5, 5.41) is 7.15. The highest BCUT2D eigenvalue weighted by Crippen LogP contribution is 2.31. The summed E-state index contributed by atoms with van der Waals surface area (Å²) in [4.78, 5) is 34.7. The zero-order valence-electron chi connectivity index (χ0n) is 14.9. The molecule has 0 aromatic heterocycles. The highest BCUT2D eigenvalue weighted by atomic mass is 35.5. The minimum Gasteiger partial charge on any atom is -0.481 e. The summed E-state index contributed by atoms with van der Waals surface area (Å²) in [7, 11) is 0. The molecule has 0 fully saturated rings. The van der Waals surface area contributed by atoms with Gasteiger partial charge in [0.05, 0.1) is 6.54 Å². The first-order valence-corrected chi connectivity index (χ1v) is 8.88. The molecule has 2 N–H and O–H groups in total. The molecule has 2 rings (SSSR count). The molecule has 0 saturated carbocycles. The molecule has 0 unspecified atom stereocenters. The van der Waals surface area contributed by atoms with Gasteiger partial charge in [0, 0.05) is 22.3 Å². The predicted octanol–water partition coefficient (Wildman–Crippen LogP) is 2.06. The van der Waals surface area contributed by atoms with Crippen LogP contribution in [0.1, 0.15) is 13.3 Å². The van der Waals surface area contributed by atoms with E-state index < -0.39 is 18.5 Å². The van der Waals surface area contributed by atoms with Crippen LogP contribution in [0.25, 0.3) is 10.8 Å². The van der Waals surface area contributed by atoms with Gasteiger partial charge in [-0.05, 0) is 18.6 Å². The number of carbonyl (C=O) groups is 3. The van der Waals surface area contributed by atoms with Crippen molar-refractivity contribution < 1.29 is 23.9 Å². The lowest BCUT2D eigenvalue weighted by Crippen LogP contribution is -2.39. The fraction of sp³-hybridized carbons (Fsp3) is 0.316. The second kappa shape index (κ2) is 10.4. The summed E-state index contributed by atoms with van der Waals surface area (Å²) in [6.45, 7) is 1.47. The van der Waals surface area contributed by atoms with E-state index in [1.54, 1.807) is 12.1 Å². The van der Waals surface area contributed by atoms with Crippen LogP contribution in [0.4, 0.5) is 0 Å². The fourth-order valence-electron chi connectivity index (χ4n) is 2.24. The van der Waals surface area contributed by atoms with Crippen molar-refractivity contribution in [3.63, 3.8) is 0 Å². The summed E-state index contributed by atoms with van der Waals surface area (Å²) in [5.74, 6) is -1.06. The lowest BCUT2D eigenvalue weighted by atomic mass is 10.1. The van der Waals surface area contributed by atoms with Gasteiger partial charge in [0.2, 0.25) is 5.91 Å². The molecule has 144 valence electrons. The topological polar surface area (TPSA) is 93.7 Å². The zero-order valence-corrected chi connectivity index (χ0v) is 15.7. The summed E-state index contributed by atoms with van der Waals surface area (Å²) in [6.07, 6.45) is 0.806. The number of nitrogens with one attached hydrogen (secondary N) is 2. The van der Waals surface area contributed by atoms with Crippen LogP contribution in [-0.4, -0.2) is 44.1 Å². The Kier molecular flexibility index (Phi) is 7.88. The van der Waals surface area contributed by atoms with E-state index in [-0.39, 0.29) is 19.1 Å². The maximum Gasteiger partial charge on any atom is 0.344 e. The van der Waals surface area contributed by atoms with E-state index in [1.165, 1.54) is 0 Å². The lowest BCUT2D eigenvalue weighted by Gasteiger charge is -2.10. The Balaban J connectivity index is 1.76. The summed E-state index contributed by atoms with van der Waals surface area (Å²) >= 11 is 6.14. The number of halogens is 1. The Morgan fingerprint density at radius 1 is 0.963 bits per heavy atom. The van der Waals surface area contributed by atoms with Gasteiger partial charge in [-0.15, -0.1) is 0 Å². The predicted molar refractivity (Wildman–Crippen MR) is 102 cm³/mol. The molecule has 0 bridgehead atoms. The Morgan fingerprint density at radius 2 is 1.70 bits per heavy atom. The number of esters is 1. The summed E-state index contributed by atoms with van der Waals surface area (Å²) < 4.78 is 10.3. The van der Waals surface area contributed by atoms with Gasteiger partial charge in [-0.1, -0.05) is 42.8 Å². The molecule has 0 radical (unpaired) electrons. The molecule has 0 aliphatic carbocycles. The van der Waals surface area contributed by atoms with Gasteiger partial charge in [-0.25, -0.2) is 4.79 Å². The van der Waals surface area contributed by atoms with Crippen molar-refractivity contribution in [3.8, 4) is 5.75 Å². The standard InChI is InChI=1S/C19H21ClN2O5/c1-2-9-21-17(23)10-22-18(24)11-27-19(25)12-26-16-8-7-15(20)13-5-3-4-6-14(13)16/h3-8H,2,9-12H2,1H3,(H,21,23)(H,22,24).